The van der Waals surface area contributed by atoms with Crippen LogP contribution in [-0.2, 0) is 33.1 Å². The van der Waals surface area contributed by atoms with E-state index in [-0.39, 0.29) is 50.8 Å². The Kier molecular flexibility index (Phi) is 22.7. The number of hydrogen-bond acceptors (Lipinski definition) is 5. The maximum absolute atomic E-state index is 12.3. The fourth-order valence-corrected chi connectivity index (χ4v) is 7.48. The van der Waals surface area contributed by atoms with Crippen molar-refractivity contribution in [3.63, 3.8) is 0 Å². The molecule has 0 fully saturated rings. The third kappa shape index (κ3) is 16.9. The van der Waals surface area contributed by atoms with E-state index >= 15 is 0 Å². The zero-order valence-corrected chi connectivity index (χ0v) is 29.4. The summed E-state index contributed by atoms with van der Waals surface area (Å²) in [5.74, 6) is 0.524. The van der Waals surface area contributed by atoms with Gasteiger partial charge in [-0.1, -0.05) is 142 Å². The third-order valence-corrected chi connectivity index (χ3v) is 10.4. The van der Waals surface area contributed by atoms with E-state index in [0.29, 0.717) is 24.0 Å². The van der Waals surface area contributed by atoms with Crippen molar-refractivity contribution in [2.45, 2.75) is 165 Å². The van der Waals surface area contributed by atoms with Crippen molar-refractivity contribution >= 4 is 49.8 Å². The molecule has 2 aromatic carbocycles. The van der Waals surface area contributed by atoms with Gasteiger partial charge in [-0.05, 0) is 49.9 Å². The van der Waals surface area contributed by atoms with Crippen LogP contribution in [-0.4, -0.2) is 55.5 Å². The molecule has 0 heterocycles. The topological polar surface area (TPSA) is 118 Å². The van der Waals surface area contributed by atoms with Crippen molar-refractivity contribution in [2.24, 2.45) is 0 Å². The fraction of sp³-hybridized carbons (Fsp3) is 0.667. The normalized spacial score (nSPS) is 11.8. The molecule has 0 bridgehead atoms. The van der Waals surface area contributed by atoms with Gasteiger partial charge in [0.25, 0.3) is 20.2 Å². The van der Waals surface area contributed by atoms with Gasteiger partial charge in [-0.15, -0.1) is 0 Å². The molecular weight excluding hydrogens is 632 g/mol. The molecule has 0 amide bonds. The third-order valence-electron chi connectivity index (χ3n) is 8.52. The summed E-state index contributed by atoms with van der Waals surface area (Å²) in [7, 11) is -9.00. The van der Waals surface area contributed by atoms with E-state index in [2.05, 4.69) is 13.8 Å². The molecule has 0 atom stereocenters. The van der Waals surface area contributed by atoms with E-state index in [9.17, 15) is 25.9 Å². The molecule has 0 aliphatic heterocycles. The van der Waals surface area contributed by atoms with Crippen LogP contribution in [0.5, 0.6) is 11.5 Å². The first kappa shape index (κ1) is 43.1. The predicted molar refractivity (Wildman–Crippen MR) is 191 cm³/mol. The molecule has 2 rings (SSSR count). The quantitative estimate of drug-likeness (QED) is 0.0573. The number of unbranched alkanes of at least 4 members (excludes halogenated alkanes) is 18. The zero-order valence-electron chi connectivity index (χ0n) is 27.8. The van der Waals surface area contributed by atoms with Crippen LogP contribution in [0.3, 0.4) is 0 Å². The number of ether oxygens (including phenoxy) is 1. The SMILES string of the molecule is CCCCCCCCCCCCc1c(Oc2cccc(S(=O)(=O)O)c2CCCCCCCCCCCC)cccc1S(=O)(=O)O.[NaH]. The Hall–Kier alpha value is -0.940. The standard InChI is InChI=1S/C36H58O7S2.Na.H/c1-3-5-7-9-11-13-15-17-19-21-25-31-33(27-23-29-35(31)44(37,38)39)43-34-28-24-30-36(45(40,41)42)32(34)26-22-20-18-16-14-12-10-8-6-4-2;;/h23-24,27-30H,3-22,25-26H2,1-2H3,(H,37,38,39)(H,40,41,42);;. The van der Waals surface area contributed by atoms with Crippen molar-refractivity contribution in [2.75, 3.05) is 0 Å². The average Bonchev–Trinajstić information content (AvgIpc) is 2.99. The molecule has 0 radical (unpaired) electrons. The second-order valence-electron chi connectivity index (χ2n) is 12.4. The van der Waals surface area contributed by atoms with Crippen LogP contribution in [0.2, 0.25) is 0 Å². The molecule has 0 aliphatic carbocycles. The van der Waals surface area contributed by atoms with Gasteiger partial charge in [0.05, 0.1) is 0 Å². The van der Waals surface area contributed by atoms with Gasteiger partial charge < -0.3 is 4.74 Å². The Labute approximate surface area is 302 Å². The summed E-state index contributed by atoms with van der Waals surface area (Å²) in [6.45, 7) is 4.43. The van der Waals surface area contributed by atoms with E-state index in [0.717, 1.165) is 51.4 Å². The maximum atomic E-state index is 12.3. The van der Waals surface area contributed by atoms with Crippen LogP contribution < -0.4 is 4.74 Å². The van der Waals surface area contributed by atoms with Gasteiger partial charge in [0.15, 0.2) is 0 Å². The van der Waals surface area contributed by atoms with Gasteiger partial charge in [0, 0.05) is 11.1 Å². The van der Waals surface area contributed by atoms with Crippen molar-refractivity contribution in [3.8, 4) is 11.5 Å². The summed E-state index contributed by atoms with van der Waals surface area (Å²) in [5.41, 5.74) is 0.753. The fourth-order valence-electron chi connectivity index (χ4n) is 5.96. The first-order valence-electron chi connectivity index (χ1n) is 17.5. The molecule has 258 valence electrons. The molecule has 2 aromatic rings. The van der Waals surface area contributed by atoms with E-state index in [4.69, 9.17) is 4.74 Å². The van der Waals surface area contributed by atoms with Gasteiger partial charge in [0.1, 0.15) is 21.3 Å². The molecule has 0 spiro atoms. The van der Waals surface area contributed by atoms with Gasteiger partial charge in [0.2, 0.25) is 0 Å². The number of hydrogen-bond donors (Lipinski definition) is 2. The number of rotatable bonds is 26. The summed E-state index contributed by atoms with van der Waals surface area (Å²) in [5, 5.41) is 0. The van der Waals surface area contributed by atoms with Crippen molar-refractivity contribution in [3.05, 3.63) is 47.5 Å². The van der Waals surface area contributed by atoms with Gasteiger partial charge in [-0.3, -0.25) is 9.11 Å². The van der Waals surface area contributed by atoms with E-state index in [1.807, 2.05) is 0 Å². The minimum absolute atomic E-state index is 0. The average molecular weight is 691 g/mol. The summed E-state index contributed by atoms with van der Waals surface area (Å²) in [6, 6.07) is 9.04. The van der Waals surface area contributed by atoms with E-state index in [1.54, 1.807) is 12.1 Å². The molecule has 7 nitrogen and oxygen atoms in total. The van der Waals surface area contributed by atoms with E-state index < -0.39 is 20.2 Å². The van der Waals surface area contributed by atoms with Crippen LogP contribution >= 0.6 is 0 Å². The first-order chi connectivity index (χ1) is 21.6. The Bertz CT molecular complexity index is 1230. The molecule has 0 aliphatic rings. The Morgan fingerprint density at radius 2 is 0.761 bits per heavy atom. The second kappa shape index (κ2) is 24.2. The molecule has 0 aromatic heterocycles. The molecule has 10 heteroatoms. The van der Waals surface area contributed by atoms with Crippen LogP contribution in [0.1, 0.15) is 153 Å². The molecule has 0 saturated carbocycles. The zero-order chi connectivity index (χ0) is 33.0. The van der Waals surface area contributed by atoms with Gasteiger partial charge in [-0.25, -0.2) is 0 Å². The molecule has 0 saturated heterocycles. The molecular formula is C36H59NaO7S2. The minimum atomic E-state index is -4.50. The Morgan fingerprint density at radius 3 is 1.04 bits per heavy atom. The second-order valence-corrected chi connectivity index (χ2v) is 15.2. The monoisotopic (exact) mass is 690 g/mol. The summed E-state index contributed by atoms with van der Waals surface area (Å²) in [6.07, 6.45) is 23.6. The summed E-state index contributed by atoms with van der Waals surface area (Å²) >= 11 is 0. The van der Waals surface area contributed by atoms with Gasteiger partial charge in [-0.2, -0.15) is 16.8 Å². The van der Waals surface area contributed by atoms with Crippen LogP contribution in [0.15, 0.2) is 46.2 Å². The van der Waals surface area contributed by atoms with Crippen molar-refractivity contribution in [1.82, 2.24) is 0 Å². The van der Waals surface area contributed by atoms with Crippen LogP contribution in [0, 0.1) is 0 Å². The molecule has 0 unspecified atom stereocenters. The van der Waals surface area contributed by atoms with E-state index in [1.165, 1.54) is 101 Å². The number of benzene rings is 2. The molecule has 2 N–H and O–H groups in total. The predicted octanol–water partition coefficient (Wildman–Crippen LogP) is 10.3. The van der Waals surface area contributed by atoms with Crippen LogP contribution in [0.25, 0.3) is 0 Å². The summed E-state index contributed by atoms with van der Waals surface area (Å²) < 4.78 is 75.4. The van der Waals surface area contributed by atoms with Crippen molar-refractivity contribution in [1.29, 1.82) is 0 Å². The van der Waals surface area contributed by atoms with Crippen LogP contribution in [0.4, 0.5) is 0 Å². The Balaban J connectivity index is 0.0000106. The summed E-state index contributed by atoms with van der Waals surface area (Å²) in [4.78, 5) is -0.392. The Morgan fingerprint density at radius 1 is 0.478 bits per heavy atom. The van der Waals surface area contributed by atoms with Crippen molar-refractivity contribution < 1.29 is 30.7 Å². The molecule has 46 heavy (non-hydrogen) atoms. The van der Waals surface area contributed by atoms with Gasteiger partial charge >= 0.3 is 29.6 Å². The first-order valence-corrected chi connectivity index (χ1v) is 20.3.